The predicted octanol–water partition coefficient (Wildman–Crippen LogP) is -5.61. The Kier molecular flexibility index (Phi) is 96.4. The van der Waals surface area contributed by atoms with E-state index in [1.165, 1.54) is 0 Å². The molecule has 0 aliphatic rings. The maximum Gasteiger partial charge on any atom is 2.00 e. The Labute approximate surface area is 67.2 Å². The maximum absolute atomic E-state index is 7.88. The smallest absolute Gasteiger partial charge is 1.00 e. The van der Waals surface area contributed by atoms with Gasteiger partial charge in [0.15, 0.2) is 0 Å². The Bertz CT molecular complexity index is 14.9. The van der Waals surface area contributed by atoms with Crippen LogP contribution in [0.15, 0.2) is 0 Å². The van der Waals surface area contributed by atoms with Crippen LogP contribution in [-0.2, 0) is 17.1 Å². The normalized spacial score (nSPS) is 4.29. The van der Waals surface area contributed by atoms with Gasteiger partial charge in [-0.15, -0.1) is 0 Å². The monoisotopic (exact) mass is 185 g/mol. The van der Waals surface area contributed by atoms with Crippen LogP contribution in [0.2, 0.25) is 0 Å². The van der Waals surface area contributed by atoms with Gasteiger partial charge in [-0.25, -0.2) is 0 Å². The van der Waals surface area contributed by atoms with Gasteiger partial charge in [-0.2, -0.15) is 0 Å². The van der Waals surface area contributed by atoms with Gasteiger partial charge in [0.2, 0.25) is 0 Å². The molecule has 0 aromatic carbocycles. The van der Waals surface area contributed by atoms with Crippen molar-refractivity contribution < 1.29 is 47.0 Å². The third kappa shape index (κ3) is 42.6. The zero-order chi connectivity index (χ0) is 3.41. The summed E-state index contributed by atoms with van der Waals surface area (Å²) >= 11 is 0. The molecule has 0 aromatic heterocycles. The molecule has 0 atom stereocenters. The third-order valence-electron chi connectivity index (χ3n) is 0.224. The molecule has 0 spiro atoms. The molecule has 1 N–H and O–H groups in total. The van der Waals surface area contributed by atoms with E-state index in [1.54, 1.807) is 0 Å². The Balaban J connectivity index is -0.0000000150. The number of halogens is 2. The van der Waals surface area contributed by atoms with Crippen molar-refractivity contribution in [1.29, 1.82) is 0 Å². The van der Waals surface area contributed by atoms with Crippen LogP contribution in [0.25, 0.3) is 0 Å². The molecule has 0 unspecified atom stereocenters. The van der Waals surface area contributed by atoms with E-state index in [1.807, 2.05) is 6.92 Å². The van der Waals surface area contributed by atoms with Crippen LogP contribution in [0, 0.1) is 0 Å². The first-order chi connectivity index (χ1) is 1.91. The Morgan fingerprint density at radius 1 is 1.29 bits per heavy atom. The average molecular weight is 186 g/mol. The minimum atomic E-state index is 0. The largest absolute Gasteiger partial charge is 2.00 e. The molecule has 1 nitrogen and oxygen atoms in total. The molecule has 1 radical (unpaired) electrons. The second-order valence-electron chi connectivity index (χ2n) is 0.724. The van der Waals surface area contributed by atoms with Gasteiger partial charge < -0.3 is 29.9 Å². The molecule has 47 valence electrons. The number of aliphatic hydroxyl groups is 1. The summed E-state index contributed by atoms with van der Waals surface area (Å²) < 4.78 is 0. The van der Waals surface area contributed by atoms with Gasteiger partial charge in [0.1, 0.15) is 0 Å². The fraction of sp³-hybridized carbons (Fsp3) is 1.00. The molecule has 0 aromatic rings. The number of aliphatic hydroxyl groups excluding tert-OH is 1. The average Bonchev–Trinajstić information content (AvgIpc) is 1.37. The molecule has 0 heterocycles. The molecule has 0 aliphatic carbocycles. The number of hydrogen-bond acceptors (Lipinski definition) is 1. The molecule has 0 bridgehead atoms. The third-order valence-corrected chi connectivity index (χ3v) is 0.224. The molecule has 0 amide bonds. The van der Waals surface area contributed by atoms with Crippen LogP contribution in [0.5, 0.6) is 0 Å². The second-order valence-corrected chi connectivity index (χ2v) is 0.724. The SMILES string of the molecule is CCCO.[Cl-].[Cl-].[Mn+2]. The minimum absolute atomic E-state index is 0. The van der Waals surface area contributed by atoms with Gasteiger partial charge >= 0.3 is 17.1 Å². The van der Waals surface area contributed by atoms with Crippen molar-refractivity contribution in [3.63, 3.8) is 0 Å². The second kappa shape index (κ2) is 27.7. The fourth-order valence-electron chi connectivity index (χ4n) is 0. The van der Waals surface area contributed by atoms with Crippen LogP contribution < -0.4 is 24.8 Å². The van der Waals surface area contributed by atoms with E-state index in [9.17, 15) is 0 Å². The van der Waals surface area contributed by atoms with Gasteiger partial charge in [0.05, 0.1) is 0 Å². The molecule has 0 rings (SSSR count). The Hall–Kier alpha value is 1.06. The summed E-state index contributed by atoms with van der Waals surface area (Å²) in [4.78, 5) is 0. The van der Waals surface area contributed by atoms with E-state index in [0.717, 1.165) is 6.42 Å². The van der Waals surface area contributed by atoms with E-state index in [-0.39, 0.29) is 41.9 Å². The van der Waals surface area contributed by atoms with Crippen LogP contribution in [-0.4, -0.2) is 11.7 Å². The van der Waals surface area contributed by atoms with E-state index in [2.05, 4.69) is 0 Å². The standard InChI is InChI=1S/C3H8O.2ClH.Mn/c1-2-3-4;;;/h4H,2-3H2,1H3;2*1H;/q;;;+2/p-2. The molecular formula is C3H8Cl2MnO. The zero-order valence-electron chi connectivity index (χ0n) is 4.00. The summed E-state index contributed by atoms with van der Waals surface area (Å²) in [6.45, 7) is 2.25. The first-order valence-corrected chi connectivity index (χ1v) is 1.52. The first-order valence-electron chi connectivity index (χ1n) is 1.52. The Morgan fingerprint density at radius 3 is 1.43 bits per heavy atom. The van der Waals surface area contributed by atoms with Gasteiger partial charge in [0.25, 0.3) is 0 Å². The van der Waals surface area contributed by atoms with Crippen LogP contribution >= 0.6 is 0 Å². The van der Waals surface area contributed by atoms with Gasteiger partial charge in [-0.05, 0) is 6.42 Å². The molecule has 7 heavy (non-hydrogen) atoms. The quantitative estimate of drug-likeness (QED) is 0.405. The molecule has 0 aliphatic heterocycles. The first kappa shape index (κ1) is 24.4. The molecule has 0 fully saturated rings. The van der Waals surface area contributed by atoms with E-state index in [0.29, 0.717) is 6.61 Å². The summed E-state index contributed by atoms with van der Waals surface area (Å²) in [6.07, 6.45) is 0.875. The summed E-state index contributed by atoms with van der Waals surface area (Å²) in [5, 5.41) is 7.88. The minimum Gasteiger partial charge on any atom is -1.00 e. The van der Waals surface area contributed by atoms with Crippen molar-refractivity contribution >= 4 is 0 Å². The summed E-state index contributed by atoms with van der Waals surface area (Å²) in [5.74, 6) is 0. The van der Waals surface area contributed by atoms with Crippen molar-refractivity contribution in [2.24, 2.45) is 0 Å². The number of hydrogen-bond donors (Lipinski definition) is 1. The maximum atomic E-state index is 7.88. The molecule has 4 heteroatoms. The summed E-state index contributed by atoms with van der Waals surface area (Å²) in [7, 11) is 0. The van der Waals surface area contributed by atoms with E-state index in [4.69, 9.17) is 5.11 Å². The van der Waals surface area contributed by atoms with Gasteiger partial charge in [0, 0.05) is 6.61 Å². The topological polar surface area (TPSA) is 20.2 Å². The zero-order valence-corrected chi connectivity index (χ0v) is 6.69. The molecular weight excluding hydrogens is 178 g/mol. The van der Waals surface area contributed by atoms with Crippen LogP contribution in [0.3, 0.4) is 0 Å². The van der Waals surface area contributed by atoms with E-state index >= 15 is 0 Å². The van der Waals surface area contributed by atoms with Crippen molar-refractivity contribution in [1.82, 2.24) is 0 Å². The van der Waals surface area contributed by atoms with E-state index < -0.39 is 0 Å². The fourth-order valence-corrected chi connectivity index (χ4v) is 0. The van der Waals surface area contributed by atoms with Crippen LogP contribution in [0.1, 0.15) is 13.3 Å². The molecule has 0 saturated carbocycles. The predicted molar refractivity (Wildman–Crippen MR) is 17.4 cm³/mol. The van der Waals surface area contributed by atoms with Crippen molar-refractivity contribution in [3.05, 3.63) is 0 Å². The summed E-state index contributed by atoms with van der Waals surface area (Å²) in [5.41, 5.74) is 0. The Morgan fingerprint density at radius 2 is 1.43 bits per heavy atom. The summed E-state index contributed by atoms with van der Waals surface area (Å²) in [6, 6.07) is 0. The molecule has 0 saturated heterocycles. The van der Waals surface area contributed by atoms with Gasteiger partial charge in [-0.1, -0.05) is 6.92 Å². The van der Waals surface area contributed by atoms with Crippen molar-refractivity contribution in [2.45, 2.75) is 13.3 Å². The van der Waals surface area contributed by atoms with Crippen LogP contribution in [0.4, 0.5) is 0 Å². The van der Waals surface area contributed by atoms with Crippen molar-refractivity contribution in [2.75, 3.05) is 6.61 Å². The van der Waals surface area contributed by atoms with Gasteiger partial charge in [-0.3, -0.25) is 0 Å². The number of rotatable bonds is 1. The van der Waals surface area contributed by atoms with Crippen molar-refractivity contribution in [3.8, 4) is 0 Å².